The molecule has 0 spiro atoms. The van der Waals surface area contributed by atoms with Gasteiger partial charge in [0.2, 0.25) is 0 Å². The van der Waals surface area contributed by atoms with Crippen LogP contribution in [0.15, 0.2) is 36.5 Å². The van der Waals surface area contributed by atoms with Crippen LogP contribution < -0.4 is 5.73 Å². The van der Waals surface area contributed by atoms with Gasteiger partial charge in [0.25, 0.3) is 0 Å². The zero-order chi connectivity index (χ0) is 11.7. The maximum atomic E-state index is 5.93. The molecule has 3 rings (SSSR count). The molecule has 1 aromatic carbocycles. The number of benzene rings is 1. The van der Waals surface area contributed by atoms with Crippen molar-refractivity contribution in [3.8, 4) is 0 Å². The molecule has 1 aliphatic rings. The van der Waals surface area contributed by atoms with Crippen LogP contribution in [0.5, 0.6) is 0 Å². The first kappa shape index (κ1) is 10.7. The Morgan fingerprint density at radius 1 is 1.29 bits per heavy atom. The highest BCUT2D eigenvalue weighted by atomic mass is 15.2. The van der Waals surface area contributed by atoms with Crippen molar-refractivity contribution < 1.29 is 0 Å². The molecular formula is C14H17N3. The molecule has 0 aliphatic carbocycles. The maximum absolute atomic E-state index is 5.93. The monoisotopic (exact) mass is 227 g/mol. The van der Waals surface area contributed by atoms with Gasteiger partial charge in [0.1, 0.15) is 0 Å². The van der Waals surface area contributed by atoms with E-state index in [2.05, 4.69) is 40.2 Å². The summed E-state index contributed by atoms with van der Waals surface area (Å²) in [5.74, 6) is 0. The summed E-state index contributed by atoms with van der Waals surface area (Å²) in [4.78, 5) is 6.90. The van der Waals surface area contributed by atoms with Crippen molar-refractivity contribution >= 4 is 10.8 Å². The summed E-state index contributed by atoms with van der Waals surface area (Å²) in [6.45, 7) is 2.99. The first-order valence-electron chi connectivity index (χ1n) is 6.13. The molecule has 1 aromatic heterocycles. The lowest BCUT2D eigenvalue weighted by atomic mass is 10.1. The Morgan fingerprint density at radius 2 is 2.18 bits per heavy atom. The van der Waals surface area contributed by atoms with E-state index in [9.17, 15) is 0 Å². The van der Waals surface area contributed by atoms with Crippen LogP contribution >= 0.6 is 0 Å². The van der Waals surface area contributed by atoms with E-state index in [0.29, 0.717) is 6.04 Å². The number of aromatic nitrogens is 1. The fourth-order valence-corrected chi connectivity index (χ4v) is 2.53. The van der Waals surface area contributed by atoms with E-state index < -0.39 is 0 Å². The van der Waals surface area contributed by atoms with Gasteiger partial charge in [-0.1, -0.05) is 24.3 Å². The van der Waals surface area contributed by atoms with Gasteiger partial charge < -0.3 is 5.73 Å². The Labute approximate surface area is 101 Å². The number of fused-ring (bicyclic) bond motifs is 1. The minimum absolute atomic E-state index is 0.338. The van der Waals surface area contributed by atoms with Crippen LogP contribution in [0.3, 0.4) is 0 Å². The molecular weight excluding hydrogens is 210 g/mol. The van der Waals surface area contributed by atoms with Crippen LogP contribution in [-0.4, -0.2) is 29.0 Å². The fraction of sp³-hybridized carbons (Fsp3) is 0.357. The third-order valence-corrected chi connectivity index (χ3v) is 3.44. The molecule has 1 unspecified atom stereocenters. The van der Waals surface area contributed by atoms with Crippen LogP contribution in [0.25, 0.3) is 10.8 Å². The largest absolute Gasteiger partial charge is 0.326 e. The lowest BCUT2D eigenvalue weighted by molar-refractivity contribution is 0.324. The van der Waals surface area contributed by atoms with Crippen LogP contribution in [0, 0.1) is 0 Å². The van der Waals surface area contributed by atoms with Gasteiger partial charge >= 0.3 is 0 Å². The third-order valence-electron chi connectivity index (χ3n) is 3.44. The Balaban J connectivity index is 1.90. The minimum Gasteiger partial charge on any atom is -0.326 e. The van der Waals surface area contributed by atoms with Crippen LogP contribution in [0.2, 0.25) is 0 Å². The normalized spacial score (nSPS) is 21.1. The zero-order valence-corrected chi connectivity index (χ0v) is 9.84. The van der Waals surface area contributed by atoms with Crippen molar-refractivity contribution in [1.29, 1.82) is 0 Å². The highest BCUT2D eigenvalue weighted by Crippen LogP contribution is 2.19. The molecule has 2 N–H and O–H groups in total. The van der Waals surface area contributed by atoms with Gasteiger partial charge in [0.15, 0.2) is 0 Å². The van der Waals surface area contributed by atoms with Gasteiger partial charge in [-0.15, -0.1) is 0 Å². The molecule has 1 aliphatic heterocycles. The Kier molecular flexibility index (Phi) is 2.79. The first-order chi connectivity index (χ1) is 8.33. The number of hydrogen-bond acceptors (Lipinski definition) is 3. The third kappa shape index (κ3) is 2.16. The molecule has 2 aromatic rings. The fourth-order valence-electron chi connectivity index (χ4n) is 2.53. The minimum atomic E-state index is 0.338. The van der Waals surface area contributed by atoms with Gasteiger partial charge in [-0.05, 0) is 17.9 Å². The molecule has 1 saturated heterocycles. The van der Waals surface area contributed by atoms with Crippen molar-refractivity contribution in [2.24, 2.45) is 5.73 Å². The predicted octanol–water partition coefficient (Wildman–Crippen LogP) is 1.77. The number of nitrogens with two attached hydrogens (primary N) is 1. The summed E-state index contributed by atoms with van der Waals surface area (Å²) < 4.78 is 0. The second kappa shape index (κ2) is 4.43. The highest BCUT2D eigenvalue weighted by molar-refractivity contribution is 5.84. The zero-order valence-electron chi connectivity index (χ0n) is 9.84. The molecule has 88 valence electrons. The van der Waals surface area contributed by atoms with Crippen LogP contribution in [0.1, 0.15) is 12.1 Å². The van der Waals surface area contributed by atoms with E-state index in [1.807, 2.05) is 6.20 Å². The van der Waals surface area contributed by atoms with Crippen molar-refractivity contribution in [2.45, 2.75) is 19.0 Å². The molecule has 3 nitrogen and oxygen atoms in total. The summed E-state index contributed by atoms with van der Waals surface area (Å²) in [5, 5.41) is 2.52. The number of rotatable bonds is 2. The predicted molar refractivity (Wildman–Crippen MR) is 69.6 cm³/mol. The number of nitrogens with zero attached hydrogens (tertiary/aromatic N) is 2. The number of likely N-dealkylation sites (tertiary alicyclic amines) is 1. The summed E-state index contributed by atoms with van der Waals surface area (Å²) in [7, 11) is 0. The Bertz CT molecular complexity index is 518. The molecule has 0 bridgehead atoms. The van der Waals surface area contributed by atoms with Crippen LogP contribution in [0.4, 0.5) is 0 Å². The average Bonchev–Trinajstić information content (AvgIpc) is 2.75. The molecule has 1 atom stereocenters. The quantitative estimate of drug-likeness (QED) is 0.850. The van der Waals surface area contributed by atoms with Gasteiger partial charge in [-0.2, -0.15) is 0 Å². The Morgan fingerprint density at radius 3 is 3.00 bits per heavy atom. The second-order valence-electron chi connectivity index (χ2n) is 4.76. The summed E-state index contributed by atoms with van der Waals surface area (Å²) in [5.41, 5.74) is 7.09. The van der Waals surface area contributed by atoms with E-state index in [-0.39, 0.29) is 0 Å². The Hall–Kier alpha value is -1.45. The molecule has 0 amide bonds. The molecule has 0 radical (unpaired) electrons. The number of hydrogen-bond donors (Lipinski definition) is 1. The average molecular weight is 227 g/mol. The van der Waals surface area contributed by atoms with Crippen molar-refractivity contribution in [1.82, 2.24) is 9.88 Å². The molecule has 1 fully saturated rings. The van der Waals surface area contributed by atoms with Gasteiger partial charge in [0.05, 0.1) is 5.69 Å². The van der Waals surface area contributed by atoms with Crippen molar-refractivity contribution in [2.75, 3.05) is 13.1 Å². The summed E-state index contributed by atoms with van der Waals surface area (Å²) >= 11 is 0. The first-order valence-corrected chi connectivity index (χ1v) is 6.13. The molecule has 2 heterocycles. The van der Waals surface area contributed by atoms with E-state index in [0.717, 1.165) is 31.7 Å². The molecule has 3 heteroatoms. The van der Waals surface area contributed by atoms with Crippen molar-refractivity contribution in [3.63, 3.8) is 0 Å². The standard InChI is InChI=1S/C14H17N3/c15-12-6-8-17(9-12)10-14-13-4-2-1-3-11(13)5-7-16-14/h1-5,7,12H,6,8-10,15H2. The van der Waals surface area contributed by atoms with E-state index >= 15 is 0 Å². The van der Waals surface area contributed by atoms with Gasteiger partial charge in [0, 0.05) is 37.3 Å². The topological polar surface area (TPSA) is 42.1 Å². The van der Waals surface area contributed by atoms with E-state index in [1.165, 1.54) is 10.8 Å². The highest BCUT2D eigenvalue weighted by Gasteiger charge is 2.19. The van der Waals surface area contributed by atoms with Gasteiger partial charge in [-0.25, -0.2) is 0 Å². The molecule has 17 heavy (non-hydrogen) atoms. The van der Waals surface area contributed by atoms with E-state index in [4.69, 9.17) is 5.73 Å². The SMILES string of the molecule is NC1CCN(Cc2nccc3ccccc23)C1. The summed E-state index contributed by atoms with van der Waals surface area (Å²) in [6, 6.07) is 10.8. The van der Waals surface area contributed by atoms with Crippen molar-refractivity contribution in [3.05, 3.63) is 42.2 Å². The lowest BCUT2D eigenvalue weighted by Gasteiger charge is -2.15. The molecule has 0 saturated carbocycles. The number of pyridine rings is 1. The van der Waals surface area contributed by atoms with Gasteiger partial charge in [-0.3, -0.25) is 9.88 Å². The van der Waals surface area contributed by atoms with Crippen LogP contribution in [-0.2, 0) is 6.54 Å². The van der Waals surface area contributed by atoms with E-state index in [1.54, 1.807) is 0 Å². The summed E-state index contributed by atoms with van der Waals surface area (Å²) in [6.07, 6.45) is 3.00. The second-order valence-corrected chi connectivity index (χ2v) is 4.76. The lowest BCUT2D eigenvalue weighted by Crippen LogP contribution is -2.26. The smallest absolute Gasteiger partial charge is 0.0622 e. The maximum Gasteiger partial charge on any atom is 0.0622 e.